The Morgan fingerprint density at radius 1 is 1.11 bits per heavy atom. The van der Waals surface area contributed by atoms with Crippen LogP contribution in [0.15, 0.2) is 59.5 Å². The first-order valence-corrected chi connectivity index (χ1v) is 12.3. The first kappa shape index (κ1) is 24.4. The van der Waals surface area contributed by atoms with Crippen molar-refractivity contribution in [2.45, 2.75) is 46.8 Å². The molecule has 1 saturated heterocycles. The van der Waals surface area contributed by atoms with Gasteiger partial charge in [-0.2, -0.15) is 5.26 Å². The molecule has 1 aromatic heterocycles. The van der Waals surface area contributed by atoms with Gasteiger partial charge in [0.25, 0.3) is 11.1 Å². The van der Waals surface area contributed by atoms with Gasteiger partial charge in [0.2, 0.25) is 0 Å². The Morgan fingerprint density at radius 3 is 2.51 bits per heavy atom. The first-order valence-electron chi connectivity index (χ1n) is 11.5. The van der Waals surface area contributed by atoms with Crippen molar-refractivity contribution in [1.29, 1.82) is 5.26 Å². The van der Waals surface area contributed by atoms with E-state index in [0.717, 1.165) is 46.4 Å². The highest BCUT2D eigenvalue weighted by atomic mass is 32.2. The highest BCUT2D eigenvalue weighted by molar-refractivity contribution is 8.18. The fourth-order valence-electron chi connectivity index (χ4n) is 4.12. The van der Waals surface area contributed by atoms with Gasteiger partial charge in [-0.05, 0) is 87.0 Å². The molecule has 0 aliphatic carbocycles. The molecule has 35 heavy (non-hydrogen) atoms. The number of carbonyl (C=O) groups is 2. The number of hydrogen-bond donors (Lipinski definition) is 0. The number of benzene rings is 2. The third-order valence-corrected chi connectivity index (χ3v) is 7.12. The Hall–Kier alpha value is -3.76. The van der Waals surface area contributed by atoms with Gasteiger partial charge in [-0.1, -0.05) is 25.1 Å². The van der Waals surface area contributed by atoms with E-state index in [0.29, 0.717) is 22.8 Å². The summed E-state index contributed by atoms with van der Waals surface area (Å²) in [5.41, 5.74) is 5.33. The van der Waals surface area contributed by atoms with Gasteiger partial charge < -0.3 is 9.30 Å². The molecule has 2 heterocycles. The SMILES string of the molecule is CC[C@H](C)N1C(=O)S/C(=C/c2cc(C)n(-c3ccc(OCc4ccccc4C#N)cc3)c2C)C1=O. The second-order valence-corrected chi connectivity index (χ2v) is 9.52. The fourth-order valence-corrected chi connectivity index (χ4v) is 5.04. The van der Waals surface area contributed by atoms with E-state index in [-0.39, 0.29) is 17.2 Å². The van der Waals surface area contributed by atoms with Crippen LogP contribution in [0.1, 0.15) is 48.3 Å². The van der Waals surface area contributed by atoms with Gasteiger partial charge in [0.1, 0.15) is 12.4 Å². The molecule has 7 heteroatoms. The van der Waals surface area contributed by atoms with Gasteiger partial charge in [-0.25, -0.2) is 0 Å². The largest absolute Gasteiger partial charge is 0.489 e. The van der Waals surface area contributed by atoms with Crippen molar-refractivity contribution in [1.82, 2.24) is 9.47 Å². The van der Waals surface area contributed by atoms with E-state index in [1.165, 1.54) is 4.90 Å². The fraction of sp³-hybridized carbons (Fsp3) is 0.250. The minimum absolute atomic E-state index is 0.116. The second kappa shape index (κ2) is 10.2. The summed E-state index contributed by atoms with van der Waals surface area (Å²) in [4.78, 5) is 27.0. The van der Waals surface area contributed by atoms with E-state index in [1.807, 2.05) is 82.3 Å². The van der Waals surface area contributed by atoms with Gasteiger partial charge in [0.15, 0.2) is 0 Å². The zero-order valence-corrected chi connectivity index (χ0v) is 21.1. The lowest BCUT2D eigenvalue weighted by molar-refractivity contribution is -0.124. The lowest BCUT2D eigenvalue weighted by Gasteiger charge is -2.19. The average molecular weight is 486 g/mol. The van der Waals surface area contributed by atoms with Crippen LogP contribution in [0.25, 0.3) is 11.8 Å². The monoisotopic (exact) mass is 485 g/mol. The summed E-state index contributed by atoms with van der Waals surface area (Å²) in [7, 11) is 0. The topological polar surface area (TPSA) is 75.3 Å². The highest BCUT2D eigenvalue weighted by Gasteiger charge is 2.37. The molecule has 1 aliphatic rings. The molecule has 3 aromatic rings. The molecule has 1 aliphatic heterocycles. The van der Waals surface area contributed by atoms with Crippen LogP contribution in [0, 0.1) is 25.2 Å². The van der Waals surface area contributed by atoms with Crippen LogP contribution in [0.4, 0.5) is 4.79 Å². The van der Waals surface area contributed by atoms with Gasteiger partial charge in [0, 0.05) is 28.7 Å². The molecule has 6 nitrogen and oxygen atoms in total. The number of thioether (sulfide) groups is 1. The predicted octanol–water partition coefficient (Wildman–Crippen LogP) is 6.38. The van der Waals surface area contributed by atoms with Crippen LogP contribution >= 0.6 is 11.8 Å². The smallest absolute Gasteiger partial charge is 0.293 e. The highest BCUT2D eigenvalue weighted by Crippen LogP contribution is 2.35. The third kappa shape index (κ3) is 4.89. The zero-order valence-electron chi connectivity index (χ0n) is 20.2. The maximum atomic E-state index is 12.8. The molecule has 4 rings (SSSR count). The normalized spacial score (nSPS) is 15.5. The third-order valence-electron chi connectivity index (χ3n) is 6.24. The quantitative estimate of drug-likeness (QED) is 0.363. The van der Waals surface area contributed by atoms with Gasteiger partial charge in [-0.3, -0.25) is 14.5 Å². The molecule has 2 aromatic carbocycles. The Balaban J connectivity index is 1.53. The summed E-state index contributed by atoms with van der Waals surface area (Å²) < 4.78 is 8.00. The Morgan fingerprint density at radius 2 is 1.83 bits per heavy atom. The van der Waals surface area contributed by atoms with Crippen molar-refractivity contribution in [2.75, 3.05) is 0 Å². The summed E-state index contributed by atoms with van der Waals surface area (Å²) in [6.45, 7) is 8.19. The molecule has 0 saturated carbocycles. The number of aryl methyl sites for hydroxylation is 1. The molecule has 0 radical (unpaired) electrons. The first-order chi connectivity index (χ1) is 16.8. The van der Waals surface area contributed by atoms with Crippen molar-refractivity contribution in [3.63, 3.8) is 0 Å². The van der Waals surface area contributed by atoms with Crippen LogP contribution in [-0.4, -0.2) is 26.7 Å². The number of rotatable bonds is 7. The number of ether oxygens (including phenoxy) is 1. The summed E-state index contributed by atoms with van der Waals surface area (Å²) in [6, 6.07) is 19.3. The van der Waals surface area contributed by atoms with Crippen molar-refractivity contribution in [3.8, 4) is 17.5 Å². The molecule has 0 N–H and O–H groups in total. The van der Waals surface area contributed by atoms with Crippen LogP contribution < -0.4 is 4.74 Å². The lowest BCUT2D eigenvalue weighted by atomic mass is 10.1. The molecule has 2 amide bonds. The Kier molecular flexibility index (Phi) is 7.13. The molecular weight excluding hydrogens is 458 g/mol. The number of aromatic nitrogens is 1. The molecule has 1 fully saturated rings. The second-order valence-electron chi connectivity index (χ2n) is 8.52. The molecule has 0 bridgehead atoms. The minimum atomic E-state index is -0.223. The van der Waals surface area contributed by atoms with E-state index in [2.05, 4.69) is 10.6 Å². The number of hydrogen-bond acceptors (Lipinski definition) is 5. The minimum Gasteiger partial charge on any atom is -0.489 e. The van der Waals surface area contributed by atoms with E-state index in [1.54, 1.807) is 6.07 Å². The van der Waals surface area contributed by atoms with Crippen molar-refractivity contribution < 1.29 is 14.3 Å². The van der Waals surface area contributed by atoms with Crippen LogP contribution in [0.3, 0.4) is 0 Å². The summed E-state index contributed by atoms with van der Waals surface area (Å²) in [5.74, 6) is 0.488. The molecule has 0 spiro atoms. The maximum Gasteiger partial charge on any atom is 0.293 e. The number of nitriles is 1. The van der Waals surface area contributed by atoms with Crippen LogP contribution in [-0.2, 0) is 11.4 Å². The zero-order chi connectivity index (χ0) is 25.1. The van der Waals surface area contributed by atoms with E-state index in [9.17, 15) is 14.9 Å². The summed E-state index contributed by atoms with van der Waals surface area (Å²) in [5, 5.41) is 9.04. The van der Waals surface area contributed by atoms with E-state index >= 15 is 0 Å². The average Bonchev–Trinajstić information content (AvgIpc) is 3.30. The van der Waals surface area contributed by atoms with Crippen LogP contribution in [0.2, 0.25) is 0 Å². The number of imide groups is 1. The predicted molar refractivity (Wildman–Crippen MR) is 138 cm³/mol. The molecule has 0 unspecified atom stereocenters. The summed E-state index contributed by atoms with van der Waals surface area (Å²) >= 11 is 1.00. The van der Waals surface area contributed by atoms with E-state index < -0.39 is 0 Å². The summed E-state index contributed by atoms with van der Waals surface area (Å²) in [6.07, 6.45) is 2.54. The van der Waals surface area contributed by atoms with Crippen LogP contribution in [0.5, 0.6) is 5.75 Å². The molecular formula is C28H27N3O3S. The van der Waals surface area contributed by atoms with Crippen molar-refractivity contribution >= 4 is 29.0 Å². The van der Waals surface area contributed by atoms with Crippen molar-refractivity contribution in [3.05, 3.63) is 87.6 Å². The lowest BCUT2D eigenvalue weighted by Crippen LogP contribution is -2.36. The Labute approximate surface area is 209 Å². The number of nitrogens with zero attached hydrogens (tertiary/aromatic N) is 3. The van der Waals surface area contributed by atoms with Gasteiger partial charge >= 0.3 is 0 Å². The van der Waals surface area contributed by atoms with Gasteiger partial charge in [0.05, 0.1) is 16.5 Å². The van der Waals surface area contributed by atoms with Gasteiger partial charge in [-0.15, -0.1) is 0 Å². The number of amides is 2. The van der Waals surface area contributed by atoms with Crippen molar-refractivity contribution in [2.24, 2.45) is 0 Å². The molecule has 178 valence electrons. The standard InChI is InChI=1S/C28H27N3O3S/c1-5-18(2)31-27(32)26(35-28(31)33)15-23-14-19(3)30(20(23)4)24-10-12-25(13-11-24)34-17-22-9-7-6-8-21(22)16-29/h6-15,18H,5,17H2,1-4H3/b26-15+/t18-/m0/s1. The maximum absolute atomic E-state index is 12.8. The van der Waals surface area contributed by atoms with E-state index in [4.69, 9.17) is 4.74 Å². The number of carbonyl (C=O) groups excluding carboxylic acids is 2. The molecule has 1 atom stereocenters. The Bertz CT molecular complexity index is 1350.